The van der Waals surface area contributed by atoms with Crippen LogP contribution in [0.1, 0.15) is 69.6 Å². The molecule has 1 saturated heterocycles. The summed E-state index contributed by atoms with van der Waals surface area (Å²) in [6.45, 7) is 10.2. The highest BCUT2D eigenvalue weighted by molar-refractivity contribution is 5.80. The number of ether oxygens (including phenoxy) is 2. The van der Waals surface area contributed by atoms with E-state index >= 15 is 0 Å². The Morgan fingerprint density at radius 3 is 2.41 bits per heavy atom. The summed E-state index contributed by atoms with van der Waals surface area (Å²) in [4.78, 5) is 15.8. The number of aryl methyl sites for hydroxylation is 1. The lowest BCUT2D eigenvalue weighted by Crippen LogP contribution is -2.65. The fourth-order valence-corrected chi connectivity index (χ4v) is 6.31. The smallest absolute Gasteiger partial charge is 0.225 e. The number of likely N-dealkylation sites (tertiary alicyclic amines) is 1. The van der Waals surface area contributed by atoms with Crippen LogP contribution in [0.5, 0.6) is 5.75 Å². The van der Waals surface area contributed by atoms with Gasteiger partial charge < -0.3 is 14.4 Å². The van der Waals surface area contributed by atoms with Crippen LogP contribution in [0.3, 0.4) is 0 Å². The third-order valence-corrected chi connectivity index (χ3v) is 8.75. The molecule has 1 amide bonds. The third-order valence-electron chi connectivity index (χ3n) is 8.75. The fraction of sp³-hybridized carbons (Fsp3) is 0.720. The Labute approximate surface area is 175 Å². The summed E-state index contributed by atoms with van der Waals surface area (Å²) >= 11 is 0. The summed E-state index contributed by atoms with van der Waals surface area (Å²) in [7, 11) is 3.53. The van der Waals surface area contributed by atoms with Crippen LogP contribution in [0.4, 0.5) is 0 Å². The summed E-state index contributed by atoms with van der Waals surface area (Å²) in [6, 6.07) is 4.81. The number of hydrogen-bond donors (Lipinski definition) is 0. The molecule has 4 heteroatoms. The van der Waals surface area contributed by atoms with Gasteiger partial charge in [0.25, 0.3) is 0 Å². The van der Waals surface area contributed by atoms with Crippen LogP contribution in [0.2, 0.25) is 0 Å². The lowest BCUT2D eigenvalue weighted by atomic mass is 9.50. The van der Waals surface area contributed by atoms with Crippen molar-refractivity contribution in [3.05, 3.63) is 28.8 Å². The number of carbonyl (C=O) groups is 1. The lowest BCUT2D eigenvalue weighted by molar-refractivity contribution is -0.150. The average Bonchev–Trinajstić information content (AvgIpc) is 2.71. The third kappa shape index (κ3) is 3.10. The molecule has 0 N–H and O–H groups in total. The standard InChI is InChI=1S/C25H37NO3/c1-16-13-20-18(14-21(16)29-6)15-22-24(2,3)25(20,4)11-12-26(22)23(27)17-7-9-19(28-5)10-8-17/h13-14,17,19,22H,7-12,15H2,1-6H3/t17?,19?,22-,25+/m1/s1. The Morgan fingerprint density at radius 1 is 1.10 bits per heavy atom. The zero-order valence-corrected chi connectivity index (χ0v) is 19.0. The van der Waals surface area contributed by atoms with Gasteiger partial charge in [-0.3, -0.25) is 4.79 Å². The number of carbonyl (C=O) groups excluding carboxylic acids is 1. The van der Waals surface area contributed by atoms with Gasteiger partial charge in [-0.1, -0.05) is 26.8 Å². The van der Waals surface area contributed by atoms with Crippen molar-refractivity contribution in [2.24, 2.45) is 11.3 Å². The van der Waals surface area contributed by atoms with E-state index in [-0.39, 0.29) is 22.8 Å². The number of hydrogen-bond acceptors (Lipinski definition) is 3. The molecule has 0 spiro atoms. The largest absolute Gasteiger partial charge is 0.496 e. The minimum Gasteiger partial charge on any atom is -0.496 e. The minimum absolute atomic E-state index is 0.0403. The molecule has 29 heavy (non-hydrogen) atoms. The molecule has 4 rings (SSSR count). The molecule has 0 unspecified atom stereocenters. The van der Waals surface area contributed by atoms with E-state index in [1.807, 2.05) is 0 Å². The van der Waals surface area contributed by atoms with E-state index in [1.54, 1.807) is 14.2 Å². The Kier molecular flexibility index (Phi) is 5.21. The lowest BCUT2D eigenvalue weighted by Gasteiger charge is -2.61. The zero-order valence-electron chi connectivity index (χ0n) is 19.0. The minimum atomic E-state index is 0.0403. The maximum atomic E-state index is 13.6. The number of fused-ring (bicyclic) bond motifs is 4. The highest BCUT2D eigenvalue weighted by Crippen LogP contribution is 2.57. The van der Waals surface area contributed by atoms with Crippen LogP contribution in [-0.4, -0.2) is 43.7 Å². The number of rotatable bonds is 3. The van der Waals surface area contributed by atoms with Gasteiger partial charge in [-0.15, -0.1) is 0 Å². The topological polar surface area (TPSA) is 38.8 Å². The number of piperidine rings is 1. The Hall–Kier alpha value is -1.55. The fourth-order valence-electron chi connectivity index (χ4n) is 6.31. The predicted molar refractivity (Wildman–Crippen MR) is 115 cm³/mol. The van der Waals surface area contributed by atoms with Crippen molar-refractivity contribution >= 4 is 5.91 Å². The second-order valence-electron chi connectivity index (χ2n) is 10.2. The highest BCUT2D eigenvalue weighted by Gasteiger charge is 2.57. The molecule has 2 bridgehead atoms. The van der Waals surface area contributed by atoms with E-state index in [1.165, 1.54) is 16.7 Å². The quantitative estimate of drug-likeness (QED) is 0.743. The normalized spacial score (nSPS) is 33.2. The van der Waals surface area contributed by atoms with Gasteiger partial charge in [0.2, 0.25) is 5.91 Å². The van der Waals surface area contributed by atoms with Crippen molar-refractivity contribution in [2.75, 3.05) is 20.8 Å². The highest BCUT2D eigenvalue weighted by atomic mass is 16.5. The maximum absolute atomic E-state index is 13.6. The summed E-state index contributed by atoms with van der Waals surface area (Å²) < 4.78 is 11.1. The van der Waals surface area contributed by atoms with Crippen molar-refractivity contribution in [3.8, 4) is 5.75 Å². The monoisotopic (exact) mass is 399 g/mol. The van der Waals surface area contributed by atoms with Gasteiger partial charge in [-0.05, 0) is 73.6 Å². The van der Waals surface area contributed by atoms with E-state index in [2.05, 4.69) is 44.7 Å². The number of nitrogens with zero attached hydrogens (tertiary/aromatic N) is 1. The molecule has 1 aromatic carbocycles. The van der Waals surface area contributed by atoms with E-state index < -0.39 is 0 Å². The van der Waals surface area contributed by atoms with E-state index in [9.17, 15) is 4.79 Å². The average molecular weight is 400 g/mol. The van der Waals surface area contributed by atoms with Gasteiger partial charge in [0.05, 0.1) is 13.2 Å². The summed E-state index contributed by atoms with van der Waals surface area (Å²) in [5, 5.41) is 0. The van der Waals surface area contributed by atoms with Crippen LogP contribution in [0, 0.1) is 18.3 Å². The zero-order chi connectivity index (χ0) is 21.0. The first kappa shape index (κ1) is 20.7. The maximum Gasteiger partial charge on any atom is 0.225 e. The van der Waals surface area contributed by atoms with Crippen molar-refractivity contribution in [1.29, 1.82) is 0 Å². The second kappa shape index (κ2) is 7.30. The molecule has 2 atom stereocenters. The van der Waals surface area contributed by atoms with Crippen LogP contribution in [-0.2, 0) is 21.4 Å². The van der Waals surface area contributed by atoms with Crippen LogP contribution >= 0.6 is 0 Å². The van der Waals surface area contributed by atoms with Gasteiger partial charge in [-0.25, -0.2) is 0 Å². The molecule has 0 aromatic heterocycles. The van der Waals surface area contributed by atoms with Crippen molar-refractivity contribution < 1.29 is 14.3 Å². The molecule has 2 fully saturated rings. The first-order chi connectivity index (χ1) is 13.7. The number of methoxy groups -OCH3 is 2. The molecule has 2 aliphatic carbocycles. The van der Waals surface area contributed by atoms with Gasteiger partial charge in [0.1, 0.15) is 5.75 Å². The number of amides is 1. The summed E-state index contributed by atoms with van der Waals surface area (Å²) in [5.41, 5.74) is 4.14. The first-order valence-corrected chi connectivity index (χ1v) is 11.2. The van der Waals surface area contributed by atoms with Crippen molar-refractivity contribution in [3.63, 3.8) is 0 Å². The van der Waals surface area contributed by atoms with Gasteiger partial charge in [0, 0.05) is 31.0 Å². The van der Waals surface area contributed by atoms with E-state index in [4.69, 9.17) is 9.47 Å². The Morgan fingerprint density at radius 2 is 1.79 bits per heavy atom. The molecule has 160 valence electrons. The molecule has 3 aliphatic rings. The summed E-state index contributed by atoms with van der Waals surface area (Å²) in [6.07, 6.45) is 6.21. The predicted octanol–water partition coefficient (Wildman–Crippen LogP) is 4.65. The first-order valence-electron chi connectivity index (χ1n) is 11.2. The SMILES string of the molecule is COc1cc2c(cc1C)[C@]1(C)CCN(C(=O)C3CCC(OC)CC3)[C@H](C2)C1(C)C. The number of benzene rings is 1. The van der Waals surface area contributed by atoms with Crippen molar-refractivity contribution in [1.82, 2.24) is 4.90 Å². The van der Waals surface area contributed by atoms with Crippen LogP contribution < -0.4 is 4.74 Å². The molecule has 1 heterocycles. The van der Waals surface area contributed by atoms with Crippen molar-refractivity contribution in [2.45, 2.75) is 83.8 Å². The molecule has 1 aliphatic heterocycles. The second-order valence-corrected chi connectivity index (χ2v) is 10.2. The van der Waals surface area contributed by atoms with Crippen LogP contribution in [0.15, 0.2) is 12.1 Å². The van der Waals surface area contributed by atoms with Gasteiger partial charge in [0.15, 0.2) is 0 Å². The van der Waals surface area contributed by atoms with Gasteiger partial charge >= 0.3 is 0 Å². The van der Waals surface area contributed by atoms with E-state index in [0.717, 1.165) is 50.8 Å². The summed E-state index contributed by atoms with van der Waals surface area (Å²) in [5.74, 6) is 1.50. The Bertz CT molecular complexity index is 794. The van der Waals surface area contributed by atoms with Crippen LogP contribution in [0.25, 0.3) is 0 Å². The molecular weight excluding hydrogens is 362 g/mol. The van der Waals surface area contributed by atoms with Gasteiger partial charge in [-0.2, -0.15) is 0 Å². The van der Waals surface area contributed by atoms with E-state index in [0.29, 0.717) is 12.0 Å². The molecule has 1 saturated carbocycles. The molecular formula is C25H37NO3. The molecule has 0 radical (unpaired) electrons. The molecule has 4 nitrogen and oxygen atoms in total. The molecule has 1 aromatic rings. The Balaban J connectivity index is 1.65.